The molecule has 5 nitrogen and oxygen atoms in total. The van der Waals surface area contributed by atoms with E-state index in [1.54, 1.807) is 6.07 Å². The summed E-state index contributed by atoms with van der Waals surface area (Å²) in [5, 5.41) is 8.12. The minimum Gasteiger partial charge on any atom is -0.294 e. The molecule has 1 aromatic heterocycles. The highest BCUT2D eigenvalue weighted by molar-refractivity contribution is 7.92. The number of carbonyl (C=O) groups excluding carboxylic acids is 1. The van der Waals surface area contributed by atoms with Gasteiger partial charge >= 0.3 is 0 Å². The molecule has 6 heteroatoms. The number of nitriles is 1. The van der Waals surface area contributed by atoms with Gasteiger partial charge in [-0.15, -0.1) is 0 Å². The molecule has 0 radical (unpaired) electrons. The maximum absolute atomic E-state index is 12.6. The average Bonchev–Trinajstić information content (AvgIpc) is 2.45. The number of hydrogen-bond acceptors (Lipinski definition) is 5. The van der Waals surface area contributed by atoms with Crippen LogP contribution in [0.5, 0.6) is 0 Å². The Morgan fingerprint density at radius 1 is 1.29 bits per heavy atom. The van der Waals surface area contributed by atoms with Crippen molar-refractivity contribution in [1.82, 2.24) is 4.98 Å². The Morgan fingerprint density at radius 2 is 1.95 bits per heavy atom. The Kier molecular flexibility index (Phi) is 3.54. The number of carbonyl (C=O) groups is 1. The summed E-state index contributed by atoms with van der Waals surface area (Å²) < 4.78 is 24.5. The Morgan fingerprint density at radius 3 is 2.57 bits per heavy atom. The quantitative estimate of drug-likeness (QED) is 0.778. The van der Waals surface area contributed by atoms with Crippen molar-refractivity contribution in [2.24, 2.45) is 5.92 Å². The predicted molar refractivity (Wildman–Crippen MR) is 76.4 cm³/mol. The maximum atomic E-state index is 12.6. The van der Waals surface area contributed by atoms with Crippen LogP contribution in [0.1, 0.15) is 48.2 Å². The van der Waals surface area contributed by atoms with Crippen molar-refractivity contribution in [2.75, 3.05) is 0 Å². The number of hydrogen-bond donors (Lipinski definition) is 0. The number of aromatic nitrogens is 1. The molecule has 0 spiro atoms. The van der Waals surface area contributed by atoms with E-state index in [0.29, 0.717) is 31.2 Å². The topological polar surface area (TPSA) is 87.9 Å². The van der Waals surface area contributed by atoms with Gasteiger partial charge in [-0.3, -0.25) is 4.79 Å². The normalized spacial score (nSPS) is 30.3. The third-order valence-corrected chi connectivity index (χ3v) is 7.32. The molecule has 1 aromatic rings. The fourth-order valence-corrected chi connectivity index (χ4v) is 6.04. The van der Waals surface area contributed by atoms with Gasteiger partial charge in [0, 0.05) is 17.7 Å². The van der Waals surface area contributed by atoms with E-state index in [0.717, 1.165) is 6.42 Å². The summed E-state index contributed by atoms with van der Waals surface area (Å²) >= 11 is 0. The molecule has 2 atom stereocenters. The fraction of sp³-hybridized carbons (Fsp3) is 0.533. The molecular formula is C15H16N2O3S. The second-order valence-corrected chi connectivity index (χ2v) is 8.35. The summed E-state index contributed by atoms with van der Waals surface area (Å²) in [5.41, 5.74) is 0.674. The summed E-state index contributed by atoms with van der Waals surface area (Å²) in [6.45, 7) is 0. The average molecular weight is 304 g/mol. The van der Waals surface area contributed by atoms with Gasteiger partial charge in [-0.05, 0) is 37.8 Å². The number of pyridine rings is 1. The molecule has 2 saturated heterocycles. The van der Waals surface area contributed by atoms with Gasteiger partial charge in [-0.2, -0.15) is 5.26 Å². The van der Waals surface area contributed by atoms with E-state index in [2.05, 4.69) is 4.98 Å². The molecule has 2 bridgehead atoms. The number of nitrogens with zero attached hydrogens (tertiary/aromatic N) is 2. The molecule has 110 valence electrons. The van der Waals surface area contributed by atoms with Gasteiger partial charge in [0.25, 0.3) is 0 Å². The van der Waals surface area contributed by atoms with E-state index in [-0.39, 0.29) is 27.9 Å². The highest BCUT2D eigenvalue weighted by Crippen LogP contribution is 2.40. The molecule has 0 aromatic carbocycles. The molecule has 2 aliphatic heterocycles. The van der Waals surface area contributed by atoms with Crippen LogP contribution in [0.4, 0.5) is 0 Å². The van der Waals surface area contributed by atoms with Gasteiger partial charge in [0.05, 0.1) is 10.5 Å². The lowest BCUT2D eigenvalue weighted by molar-refractivity contribution is 0.0894. The number of Topliss-reactive ketones (excluding diaryl/α,β-unsaturated/α-hetero) is 1. The monoisotopic (exact) mass is 304 g/mol. The lowest BCUT2D eigenvalue weighted by Crippen LogP contribution is -2.45. The molecule has 2 unspecified atom stereocenters. The molecular weight excluding hydrogens is 288 g/mol. The van der Waals surface area contributed by atoms with Crippen molar-refractivity contribution in [3.05, 3.63) is 29.6 Å². The second kappa shape index (κ2) is 5.23. The van der Waals surface area contributed by atoms with Crippen LogP contribution >= 0.6 is 0 Å². The van der Waals surface area contributed by atoms with Crippen LogP contribution in [0.2, 0.25) is 0 Å². The van der Waals surface area contributed by atoms with Crippen LogP contribution in [-0.4, -0.2) is 29.7 Å². The third-order valence-electron chi connectivity index (χ3n) is 4.61. The first-order chi connectivity index (χ1) is 10.0. The van der Waals surface area contributed by atoms with Crippen LogP contribution in [0.15, 0.2) is 18.3 Å². The number of rotatable bonds is 2. The number of sulfone groups is 1. The van der Waals surface area contributed by atoms with Crippen LogP contribution in [0, 0.1) is 17.2 Å². The molecule has 2 aliphatic rings. The Labute approximate surface area is 123 Å². The fourth-order valence-electron chi connectivity index (χ4n) is 3.50. The molecule has 21 heavy (non-hydrogen) atoms. The SMILES string of the molecule is N#Cc1cc(C(=O)C2CC3CCCC(C2)S3(=O)=O)ccn1. The smallest absolute Gasteiger partial charge is 0.166 e. The van der Waals surface area contributed by atoms with E-state index in [9.17, 15) is 13.2 Å². The molecule has 0 aliphatic carbocycles. The van der Waals surface area contributed by atoms with Crippen LogP contribution in [0.25, 0.3) is 0 Å². The highest BCUT2D eigenvalue weighted by Gasteiger charge is 2.46. The molecule has 0 N–H and O–H groups in total. The van der Waals surface area contributed by atoms with Crippen LogP contribution in [-0.2, 0) is 9.84 Å². The first kappa shape index (κ1) is 14.2. The highest BCUT2D eigenvalue weighted by atomic mass is 32.2. The first-order valence-corrected chi connectivity index (χ1v) is 8.76. The lowest BCUT2D eigenvalue weighted by Gasteiger charge is -2.38. The number of ketones is 1. The maximum Gasteiger partial charge on any atom is 0.166 e. The Bertz CT molecular complexity index is 701. The van der Waals surface area contributed by atoms with Crippen molar-refractivity contribution in [2.45, 2.75) is 42.6 Å². The third kappa shape index (κ3) is 2.46. The van der Waals surface area contributed by atoms with Gasteiger partial charge < -0.3 is 0 Å². The summed E-state index contributed by atoms with van der Waals surface area (Å²) in [5.74, 6) is -0.307. The van der Waals surface area contributed by atoms with Gasteiger partial charge in [-0.1, -0.05) is 6.42 Å². The lowest BCUT2D eigenvalue weighted by atomic mass is 9.84. The Hall–Kier alpha value is -1.74. The zero-order valence-electron chi connectivity index (χ0n) is 11.5. The van der Waals surface area contributed by atoms with Crippen molar-refractivity contribution < 1.29 is 13.2 Å². The standard InChI is InChI=1S/C15H16N2O3S/c16-9-12-6-10(4-5-17-12)15(18)11-7-13-2-1-3-14(8-11)21(13,19)20/h4-6,11,13-14H,1-3,7-8H2. The minimum atomic E-state index is -3.04. The molecule has 3 heterocycles. The number of fused-ring (bicyclic) bond motifs is 2. The molecule has 0 amide bonds. The minimum absolute atomic E-state index is 0.0549. The van der Waals surface area contributed by atoms with Gasteiger partial charge in [0.2, 0.25) is 0 Å². The van der Waals surface area contributed by atoms with E-state index in [1.165, 1.54) is 12.3 Å². The summed E-state index contributed by atoms with van der Waals surface area (Å²) in [4.78, 5) is 16.4. The molecule has 3 rings (SSSR count). The first-order valence-electron chi connectivity index (χ1n) is 7.15. The summed E-state index contributed by atoms with van der Waals surface area (Å²) in [6, 6.07) is 5.01. The largest absolute Gasteiger partial charge is 0.294 e. The van der Waals surface area contributed by atoms with Crippen LogP contribution in [0.3, 0.4) is 0 Å². The zero-order valence-corrected chi connectivity index (χ0v) is 12.3. The molecule has 0 saturated carbocycles. The van der Waals surface area contributed by atoms with Crippen LogP contribution < -0.4 is 0 Å². The van der Waals surface area contributed by atoms with E-state index in [4.69, 9.17) is 5.26 Å². The summed E-state index contributed by atoms with van der Waals surface area (Å²) in [6.07, 6.45) is 4.56. The predicted octanol–water partition coefficient (Wildman–Crippen LogP) is 1.88. The second-order valence-electron chi connectivity index (χ2n) is 5.84. The van der Waals surface area contributed by atoms with Gasteiger partial charge in [-0.25, -0.2) is 13.4 Å². The zero-order chi connectivity index (χ0) is 15.0. The van der Waals surface area contributed by atoms with Gasteiger partial charge in [0.15, 0.2) is 15.6 Å². The van der Waals surface area contributed by atoms with Crippen molar-refractivity contribution >= 4 is 15.6 Å². The van der Waals surface area contributed by atoms with E-state index >= 15 is 0 Å². The van der Waals surface area contributed by atoms with Gasteiger partial charge in [0.1, 0.15) is 11.8 Å². The van der Waals surface area contributed by atoms with E-state index in [1.807, 2.05) is 6.07 Å². The summed E-state index contributed by atoms with van der Waals surface area (Å²) in [7, 11) is -3.04. The van der Waals surface area contributed by atoms with E-state index < -0.39 is 9.84 Å². The van der Waals surface area contributed by atoms with Crippen molar-refractivity contribution in [1.29, 1.82) is 5.26 Å². The van der Waals surface area contributed by atoms with Crippen molar-refractivity contribution in [3.8, 4) is 6.07 Å². The Balaban J connectivity index is 1.85. The van der Waals surface area contributed by atoms with Crippen molar-refractivity contribution in [3.63, 3.8) is 0 Å². The molecule has 2 fully saturated rings.